The molecule has 0 radical (unpaired) electrons. The van der Waals surface area contributed by atoms with Gasteiger partial charge >= 0.3 is 5.97 Å². The van der Waals surface area contributed by atoms with Gasteiger partial charge < -0.3 is 20.1 Å². The number of pyridine rings is 1. The van der Waals surface area contributed by atoms with Crippen LogP contribution in [-0.4, -0.2) is 22.2 Å². The summed E-state index contributed by atoms with van der Waals surface area (Å²) in [4.78, 5) is 23.8. The molecule has 134 valence electrons. The Morgan fingerprint density at radius 3 is 2.68 bits per heavy atom. The number of aromatic carboxylic acids is 1. The Bertz CT molecular complexity index is 973. The number of carbonyl (C=O) groups is 1. The number of carboxylic acids is 1. The van der Waals surface area contributed by atoms with Gasteiger partial charge in [0.15, 0.2) is 5.75 Å². The molecule has 0 spiro atoms. The highest BCUT2D eigenvalue weighted by atomic mass is 35.5. The largest absolute Gasteiger partial charge is 0.489 e. The van der Waals surface area contributed by atoms with Crippen LogP contribution >= 0.6 is 12.4 Å². The predicted molar refractivity (Wildman–Crippen MR) is 92.2 cm³/mol. The first-order valence-corrected chi connectivity index (χ1v) is 7.82. The summed E-state index contributed by atoms with van der Waals surface area (Å²) in [5.41, 5.74) is 5.11. The van der Waals surface area contributed by atoms with Crippen LogP contribution in [0.3, 0.4) is 0 Å². The highest BCUT2D eigenvalue weighted by molar-refractivity contribution is 5.95. The lowest BCUT2D eigenvalue weighted by Gasteiger charge is -2.30. The Balaban J connectivity index is 0.00000182. The summed E-state index contributed by atoms with van der Waals surface area (Å²) >= 11 is 0. The van der Waals surface area contributed by atoms with Gasteiger partial charge in [-0.05, 0) is 25.3 Å². The molecule has 1 aliphatic heterocycles. The van der Waals surface area contributed by atoms with Crippen molar-refractivity contribution < 1.29 is 19.0 Å². The van der Waals surface area contributed by atoms with Crippen molar-refractivity contribution >= 4 is 29.3 Å². The monoisotopic (exact) mass is 368 g/mol. The van der Waals surface area contributed by atoms with Gasteiger partial charge in [0.25, 0.3) is 0 Å². The second-order valence-corrected chi connectivity index (χ2v) is 6.85. The van der Waals surface area contributed by atoms with E-state index in [9.17, 15) is 19.1 Å². The van der Waals surface area contributed by atoms with Crippen molar-refractivity contribution in [1.29, 1.82) is 0 Å². The van der Waals surface area contributed by atoms with Gasteiger partial charge in [0.1, 0.15) is 18.0 Å². The van der Waals surface area contributed by atoms with Crippen LogP contribution in [0, 0.1) is 11.7 Å². The average Bonchev–Trinajstić information content (AvgIpc) is 3.11. The summed E-state index contributed by atoms with van der Waals surface area (Å²) in [5, 5.41) is 9.27. The SMILES string of the molecule is CC1CC1(N)c1c(F)cc2c(=O)c(C(=O)O)cn3c2c1OC[C@@H]3C.Cl. The van der Waals surface area contributed by atoms with Crippen LogP contribution in [0.2, 0.25) is 0 Å². The molecule has 6 nitrogen and oxygen atoms in total. The van der Waals surface area contributed by atoms with Crippen molar-refractivity contribution in [2.75, 3.05) is 6.61 Å². The number of halogens is 2. The fraction of sp³-hybridized carbons (Fsp3) is 0.412. The first-order chi connectivity index (χ1) is 11.3. The van der Waals surface area contributed by atoms with Crippen LogP contribution < -0.4 is 15.9 Å². The van der Waals surface area contributed by atoms with E-state index in [0.29, 0.717) is 11.9 Å². The Hall–Kier alpha value is -2.12. The molecule has 3 N–H and O–H groups in total. The molecule has 2 unspecified atom stereocenters. The van der Waals surface area contributed by atoms with Gasteiger partial charge in [-0.1, -0.05) is 6.92 Å². The van der Waals surface area contributed by atoms with Crippen LogP contribution in [0.5, 0.6) is 5.75 Å². The van der Waals surface area contributed by atoms with Crippen molar-refractivity contribution in [2.24, 2.45) is 11.7 Å². The summed E-state index contributed by atoms with van der Waals surface area (Å²) < 4.78 is 22.2. The van der Waals surface area contributed by atoms with E-state index in [2.05, 4.69) is 0 Å². The van der Waals surface area contributed by atoms with E-state index in [0.717, 1.165) is 6.07 Å². The Morgan fingerprint density at radius 1 is 1.48 bits per heavy atom. The zero-order valence-corrected chi connectivity index (χ0v) is 14.5. The number of hydrogen-bond donors (Lipinski definition) is 2. The minimum absolute atomic E-state index is 0. The number of benzene rings is 1. The summed E-state index contributed by atoms with van der Waals surface area (Å²) in [6.07, 6.45) is 1.95. The van der Waals surface area contributed by atoms with Crippen molar-refractivity contribution in [3.63, 3.8) is 0 Å². The molecular formula is C17H18ClFN2O4. The molecule has 25 heavy (non-hydrogen) atoms. The Labute approximate surface area is 148 Å². The topological polar surface area (TPSA) is 94.5 Å². The standard InChI is InChI=1S/C17H17FN2O4.ClH/c1-7-4-17(7,19)12-11(18)3-9-13-15(12)24-6-8(2)20(13)5-10(14(9)21)16(22)23;/h3,5,7-8H,4,6,19H2,1-2H3,(H,22,23);1H/t7?,8-,17?;/m0./s1. The van der Waals surface area contributed by atoms with Gasteiger partial charge in [-0.25, -0.2) is 9.18 Å². The molecule has 8 heteroatoms. The number of carboxylic acid groups (broad SMARTS) is 1. The van der Waals surface area contributed by atoms with Crippen molar-refractivity contribution in [1.82, 2.24) is 4.57 Å². The minimum atomic E-state index is -1.33. The third-order valence-electron chi connectivity index (χ3n) is 5.23. The third-order valence-corrected chi connectivity index (χ3v) is 5.23. The van der Waals surface area contributed by atoms with Crippen LogP contribution in [0.4, 0.5) is 4.39 Å². The van der Waals surface area contributed by atoms with E-state index in [-0.39, 0.29) is 53.2 Å². The van der Waals surface area contributed by atoms with E-state index in [4.69, 9.17) is 10.5 Å². The minimum Gasteiger partial charge on any atom is -0.489 e. The quantitative estimate of drug-likeness (QED) is 0.848. The summed E-state index contributed by atoms with van der Waals surface area (Å²) in [6.45, 7) is 4.03. The first-order valence-electron chi connectivity index (χ1n) is 7.82. The lowest BCUT2D eigenvalue weighted by molar-refractivity contribution is 0.0694. The van der Waals surface area contributed by atoms with E-state index in [1.165, 1.54) is 6.20 Å². The van der Waals surface area contributed by atoms with Gasteiger partial charge in [0, 0.05) is 6.20 Å². The van der Waals surface area contributed by atoms with Gasteiger partial charge in [0.2, 0.25) is 5.43 Å². The third kappa shape index (κ3) is 2.26. The first kappa shape index (κ1) is 17.7. The molecule has 2 aliphatic rings. The van der Waals surface area contributed by atoms with Crippen LogP contribution in [0.25, 0.3) is 10.9 Å². The van der Waals surface area contributed by atoms with Crippen LogP contribution in [0.1, 0.15) is 42.2 Å². The van der Waals surface area contributed by atoms with Crippen LogP contribution in [0.15, 0.2) is 17.1 Å². The van der Waals surface area contributed by atoms with Crippen LogP contribution in [-0.2, 0) is 5.54 Å². The van der Waals surface area contributed by atoms with E-state index >= 15 is 0 Å². The molecule has 2 heterocycles. The zero-order valence-electron chi connectivity index (χ0n) is 13.7. The number of hydrogen-bond acceptors (Lipinski definition) is 4. The number of ether oxygens (including phenoxy) is 1. The molecular weight excluding hydrogens is 351 g/mol. The molecule has 1 saturated carbocycles. The average molecular weight is 369 g/mol. The highest BCUT2D eigenvalue weighted by Crippen LogP contribution is 2.54. The second kappa shape index (κ2) is 5.44. The van der Waals surface area contributed by atoms with Gasteiger partial charge in [-0.3, -0.25) is 4.79 Å². The second-order valence-electron chi connectivity index (χ2n) is 6.85. The lowest BCUT2D eigenvalue weighted by atomic mass is 9.97. The fourth-order valence-corrected chi connectivity index (χ4v) is 3.61. The van der Waals surface area contributed by atoms with Gasteiger partial charge in [-0.2, -0.15) is 0 Å². The smallest absolute Gasteiger partial charge is 0.341 e. The molecule has 1 aliphatic carbocycles. The molecule has 4 rings (SSSR count). The summed E-state index contributed by atoms with van der Waals surface area (Å²) in [7, 11) is 0. The number of aromatic nitrogens is 1. The fourth-order valence-electron chi connectivity index (χ4n) is 3.61. The highest BCUT2D eigenvalue weighted by Gasteiger charge is 2.53. The van der Waals surface area contributed by atoms with E-state index in [1.807, 2.05) is 13.8 Å². The van der Waals surface area contributed by atoms with Crippen molar-refractivity contribution in [2.45, 2.75) is 31.8 Å². The normalized spacial score (nSPS) is 26.7. The molecule has 1 aromatic heterocycles. The molecule has 2 aromatic rings. The van der Waals surface area contributed by atoms with Crippen molar-refractivity contribution in [3.05, 3.63) is 39.4 Å². The van der Waals surface area contributed by atoms with Gasteiger partial charge in [-0.15, -0.1) is 12.4 Å². The molecule has 1 aromatic carbocycles. The van der Waals surface area contributed by atoms with Gasteiger partial charge in [0.05, 0.1) is 28.0 Å². The summed E-state index contributed by atoms with van der Waals surface area (Å²) in [6, 6.07) is 0.919. The van der Waals surface area contributed by atoms with E-state index < -0.39 is 22.8 Å². The molecule has 0 saturated heterocycles. The maximum atomic E-state index is 14.8. The predicted octanol–water partition coefficient (Wildman–Crippen LogP) is 2.41. The zero-order chi connectivity index (χ0) is 17.4. The van der Waals surface area contributed by atoms with Crippen molar-refractivity contribution in [3.8, 4) is 5.75 Å². The maximum Gasteiger partial charge on any atom is 0.341 e. The summed E-state index contributed by atoms with van der Waals surface area (Å²) in [5.74, 6) is -1.57. The lowest BCUT2D eigenvalue weighted by Crippen LogP contribution is -2.30. The number of rotatable bonds is 2. The van der Waals surface area contributed by atoms with E-state index in [1.54, 1.807) is 4.57 Å². The Morgan fingerprint density at radius 2 is 2.12 bits per heavy atom. The molecule has 3 atom stereocenters. The molecule has 0 amide bonds. The maximum absolute atomic E-state index is 14.8. The Kier molecular flexibility index (Phi) is 3.85. The number of nitrogens with zero attached hydrogens (tertiary/aromatic N) is 1. The molecule has 0 bridgehead atoms. The molecule has 1 fully saturated rings. The number of nitrogens with two attached hydrogens (primary N) is 1.